The molecule has 1 fully saturated rings. The van der Waals surface area contributed by atoms with Crippen LogP contribution < -0.4 is 0 Å². The van der Waals surface area contributed by atoms with Gasteiger partial charge in [-0.3, -0.25) is 0 Å². The SMILES string of the molecule is CCO[C@H]1O[C@@H](COCc2ccc(O)cc2)[C@H](O)[C@@H](O)[C@@H]1O. The van der Waals surface area contributed by atoms with Gasteiger partial charge in [0.05, 0.1) is 13.2 Å². The molecule has 2 rings (SSSR count). The van der Waals surface area contributed by atoms with Crippen molar-refractivity contribution in [2.24, 2.45) is 0 Å². The largest absolute Gasteiger partial charge is 0.508 e. The summed E-state index contributed by atoms with van der Waals surface area (Å²) < 4.78 is 16.1. The van der Waals surface area contributed by atoms with Crippen LogP contribution in [-0.2, 0) is 20.8 Å². The van der Waals surface area contributed by atoms with E-state index in [9.17, 15) is 20.4 Å². The normalized spacial score (nSPS) is 32.1. The quantitative estimate of drug-likeness (QED) is 0.573. The molecule has 4 N–H and O–H groups in total. The van der Waals surface area contributed by atoms with Crippen molar-refractivity contribution in [3.8, 4) is 5.75 Å². The number of phenols is 1. The highest BCUT2D eigenvalue weighted by Crippen LogP contribution is 2.22. The molecule has 1 aromatic carbocycles. The minimum atomic E-state index is -1.35. The van der Waals surface area contributed by atoms with E-state index in [0.717, 1.165) is 5.56 Å². The average molecular weight is 314 g/mol. The molecular weight excluding hydrogens is 292 g/mol. The molecule has 0 aliphatic carbocycles. The third-order valence-electron chi connectivity index (χ3n) is 3.49. The van der Waals surface area contributed by atoms with Crippen molar-refractivity contribution in [3.63, 3.8) is 0 Å². The number of aromatic hydroxyl groups is 1. The van der Waals surface area contributed by atoms with Crippen LogP contribution in [0.25, 0.3) is 0 Å². The van der Waals surface area contributed by atoms with Gasteiger partial charge in [0.2, 0.25) is 0 Å². The second kappa shape index (κ2) is 7.87. The van der Waals surface area contributed by atoms with Crippen molar-refractivity contribution < 1.29 is 34.6 Å². The molecule has 0 spiro atoms. The topological polar surface area (TPSA) is 109 Å². The molecule has 7 nitrogen and oxygen atoms in total. The van der Waals surface area contributed by atoms with E-state index in [1.807, 2.05) is 0 Å². The van der Waals surface area contributed by atoms with Crippen LogP contribution in [0.3, 0.4) is 0 Å². The van der Waals surface area contributed by atoms with Crippen LogP contribution in [0.1, 0.15) is 12.5 Å². The molecule has 1 aromatic rings. The Hall–Kier alpha value is -1.22. The maximum atomic E-state index is 9.92. The first-order chi connectivity index (χ1) is 10.5. The van der Waals surface area contributed by atoms with Crippen molar-refractivity contribution in [2.45, 2.75) is 44.2 Å². The van der Waals surface area contributed by atoms with Crippen LogP contribution in [0.5, 0.6) is 5.75 Å². The summed E-state index contributed by atoms with van der Waals surface area (Å²) in [6.07, 6.45) is -5.71. The highest BCUT2D eigenvalue weighted by atomic mass is 16.7. The number of ether oxygens (including phenoxy) is 3. The highest BCUT2D eigenvalue weighted by Gasteiger charge is 2.44. The fourth-order valence-electron chi connectivity index (χ4n) is 2.24. The van der Waals surface area contributed by atoms with Crippen molar-refractivity contribution in [2.75, 3.05) is 13.2 Å². The Bertz CT molecular complexity index is 450. The molecule has 0 saturated carbocycles. The van der Waals surface area contributed by atoms with E-state index in [0.29, 0.717) is 6.61 Å². The molecule has 0 amide bonds. The second-order valence-corrected chi connectivity index (χ2v) is 5.15. The van der Waals surface area contributed by atoms with E-state index in [1.54, 1.807) is 31.2 Å². The Labute approximate surface area is 128 Å². The number of hydrogen-bond donors (Lipinski definition) is 4. The molecule has 0 radical (unpaired) electrons. The lowest BCUT2D eigenvalue weighted by molar-refractivity contribution is -0.302. The number of aliphatic hydroxyl groups excluding tert-OH is 3. The Morgan fingerprint density at radius 1 is 1.05 bits per heavy atom. The molecular formula is C15H22O7. The van der Waals surface area contributed by atoms with E-state index < -0.39 is 30.7 Å². The number of rotatable bonds is 6. The van der Waals surface area contributed by atoms with Gasteiger partial charge in [-0.05, 0) is 24.6 Å². The van der Waals surface area contributed by atoms with Gasteiger partial charge in [0.1, 0.15) is 30.2 Å². The predicted octanol–water partition coefficient (Wildman–Crippen LogP) is -0.247. The third kappa shape index (κ3) is 4.16. The number of benzene rings is 1. The molecule has 7 heteroatoms. The zero-order valence-corrected chi connectivity index (χ0v) is 12.3. The summed E-state index contributed by atoms with van der Waals surface area (Å²) in [7, 11) is 0. The van der Waals surface area contributed by atoms with Crippen molar-refractivity contribution in [1.82, 2.24) is 0 Å². The molecule has 1 saturated heterocycles. The summed E-state index contributed by atoms with van der Waals surface area (Å²) in [5, 5.41) is 38.7. The first-order valence-corrected chi connectivity index (χ1v) is 7.19. The van der Waals surface area contributed by atoms with Crippen LogP contribution in [-0.4, -0.2) is 64.3 Å². The van der Waals surface area contributed by atoms with Crippen molar-refractivity contribution in [3.05, 3.63) is 29.8 Å². The number of aliphatic hydroxyl groups is 3. The summed E-state index contributed by atoms with van der Waals surface area (Å²) in [4.78, 5) is 0. The van der Waals surface area contributed by atoms with E-state index >= 15 is 0 Å². The Balaban J connectivity index is 1.86. The lowest BCUT2D eigenvalue weighted by atomic mass is 9.99. The zero-order chi connectivity index (χ0) is 16.1. The third-order valence-corrected chi connectivity index (χ3v) is 3.49. The van der Waals surface area contributed by atoms with Gasteiger partial charge in [-0.2, -0.15) is 0 Å². The number of hydrogen-bond acceptors (Lipinski definition) is 7. The Morgan fingerprint density at radius 2 is 1.73 bits per heavy atom. The maximum absolute atomic E-state index is 9.92. The van der Waals surface area contributed by atoms with Crippen LogP contribution in [0, 0.1) is 0 Å². The van der Waals surface area contributed by atoms with Crippen molar-refractivity contribution >= 4 is 0 Å². The van der Waals surface area contributed by atoms with Gasteiger partial charge in [0.25, 0.3) is 0 Å². The predicted molar refractivity (Wildman–Crippen MR) is 76.1 cm³/mol. The summed E-state index contributed by atoms with van der Waals surface area (Å²) in [6, 6.07) is 6.54. The molecule has 0 bridgehead atoms. The van der Waals surface area contributed by atoms with Gasteiger partial charge >= 0.3 is 0 Å². The molecule has 5 atom stereocenters. The van der Waals surface area contributed by atoms with Crippen LogP contribution >= 0.6 is 0 Å². The molecule has 1 aliphatic heterocycles. The highest BCUT2D eigenvalue weighted by molar-refractivity contribution is 5.25. The van der Waals surface area contributed by atoms with E-state index in [1.165, 1.54) is 0 Å². The van der Waals surface area contributed by atoms with E-state index in [2.05, 4.69) is 0 Å². The Kier molecular flexibility index (Phi) is 6.13. The monoisotopic (exact) mass is 314 g/mol. The molecule has 22 heavy (non-hydrogen) atoms. The van der Waals surface area contributed by atoms with Gasteiger partial charge in [-0.15, -0.1) is 0 Å². The molecule has 0 aromatic heterocycles. The van der Waals surface area contributed by atoms with Gasteiger partial charge in [0, 0.05) is 6.61 Å². The minimum Gasteiger partial charge on any atom is -0.508 e. The van der Waals surface area contributed by atoms with Crippen LogP contribution in [0.4, 0.5) is 0 Å². The first-order valence-electron chi connectivity index (χ1n) is 7.19. The summed E-state index contributed by atoms with van der Waals surface area (Å²) in [5.74, 6) is 0.173. The standard InChI is InChI=1S/C15H22O7/c1-2-21-15-14(19)13(18)12(17)11(22-15)8-20-7-9-3-5-10(16)6-4-9/h3-6,11-19H,2,7-8H2,1H3/t11-,12-,13+,14-,15-/m0/s1. The smallest absolute Gasteiger partial charge is 0.186 e. The first kappa shape index (κ1) is 17.1. The fourth-order valence-corrected chi connectivity index (χ4v) is 2.24. The average Bonchev–Trinajstić information content (AvgIpc) is 2.51. The lowest BCUT2D eigenvalue weighted by Gasteiger charge is -2.40. The molecule has 0 unspecified atom stereocenters. The van der Waals surface area contributed by atoms with Gasteiger partial charge in [-0.1, -0.05) is 12.1 Å². The number of phenolic OH excluding ortho intramolecular Hbond substituents is 1. The summed E-state index contributed by atoms with van der Waals surface area (Å²) in [6.45, 7) is 2.36. The van der Waals surface area contributed by atoms with E-state index in [4.69, 9.17) is 14.2 Å². The molecule has 124 valence electrons. The van der Waals surface area contributed by atoms with Crippen LogP contribution in [0.2, 0.25) is 0 Å². The van der Waals surface area contributed by atoms with E-state index in [-0.39, 0.29) is 19.0 Å². The zero-order valence-electron chi connectivity index (χ0n) is 12.3. The second-order valence-electron chi connectivity index (χ2n) is 5.15. The molecule has 1 aliphatic rings. The van der Waals surface area contributed by atoms with Gasteiger partial charge in [0.15, 0.2) is 6.29 Å². The van der Waals surface area contributed by atoms with Gasteiger partial charge in [-0.25, -0.2) is 0 Å². The van der Waals surface area contributed by atoms with Gasteiger partial charge < -0.3 is 34.6 Å². The van der Waals surface area contributed by atoms with Crippen molar-refractivity contribution in [1.29, 1.82) is 0 Å². The fraction of sp³-hybridized carbons (Fsp3) is 0.600. The lowest BCUT2D eigenvalue weighted by Crippen LogP contribution is -2.59. The summed E-state index contributed by atoms with van der Waals surface area (Å²) in [5.41, 5.74) is 0.852. The summed E-state index contributed by atoms with van der Waals surface area (Å²) >= 11 is 0. The maximum Gasteiger partial charge on any atom is 0.186 e. The Morgan fingerprint density at radius 3 is 2.36 bits per heavy atom. The molecule has 1 heterocycles. The van der Waals surface area contributed by atoms with Crippen LogP contribution in [0.15, 0.2) is 24.3 Å². The minimum absolute atomic E-state index is 0.0371.